The van der Waals surface area contributed by atoms with Crippen LogP contribution in [0, 0.1) is 11.7 Å². The van der Waals surface area contributed by atoms with Crippen LogP contribution < -0.4 is 20.7 Å². The summed E-state index contributed by atoms with van der Waals surface area (Å²) in [6.07, 6.45) is 5.21. The molecule has 0 aromatic heterocycles. The van der Waals surface area contributed by atoms with Crippen molar-refractivity contribution in [3.63, 3.8) is 0 Å². The van der Waals surface area contributed by atoms with Gasteiger partial charge in [0.15, 0.2) is 11.6 Å². The van der Waals surface area contributed by atoms with Crippen molar-refractivity contribution in [2.75, 3.05) is 38.7 Å². The van der Waals surface area contributed by atoms with Gasteiger partial charge < -0.3 is 30.7 Å². The van der Waals surface area contributed by atoms with Crippen LogP contribution in [-0.4, -0.2) is 67.5 Å². The number of carbonyl (C=O) groups is 2. The topological polar surface area (TPSA) is 120 Å². The maximum Gasteiger partial charge on any atom is 0.270 e. The number of carbonyl (C=O) groups excluding carboxylic acids is 2. The number of aliphatic imine (C=N–C) groups is 1. The number of aliphatic hydroxyl groups excluding tert-OH is 1. The van der Waals surface area contributed by atoms with Crippen molar-refractivity contribution >= 4 is 23.3 Å². The van der Waals surface area contributed by atoms with E-state index in [4.69, 9.17) is 15.6 Å². The van der Waals surface area contributed by atoms with Gasteiger partial charge in [-0.15, -0.1) is 0 Å². The minimum absolute atomic E-state index is 0.0000587. The highest BCUT2D eigenvalue weighted by Gasteiger charge is 2.35. The highest BCUT2D eigenvalue weighted by Crippen LogP contribution is 2.29. The van der Waals surface area contributed by atoms with Gasteiger partial charge in [-0.1, -0.05) is 19.9 Å². The first-order valence-electron chi connectivity index (χ1n) is 11.2. The molecule has 0 saturated carbocycles. The van der Waals surface area contributed by atoms with Crippen molar-refractivity contribution in [2.45, 2.75) is 32.7 Å². The number of aliphatic hydroxyl groups is 1. The number of amidine groups is 1. The van der Waals surface area contributed by atoms with Crippen LogP contribution in [0.25, 0.3) is 0 Å². The average Bonchev–Trinajstić information content (AvgIpc) is 3.12. The molecular formula is C24H34FN5O4. The number of hydrogen-bond acceptors (Lipinski definition) is 6. The lowest BCUT2D eigenvalue weighted by molar-refractivity contribution is -0.134. The van der Waals surface area contributed by atoms with Crippen LogP contribution in [-0.2, 0) is 9.59 Å². The molecule has 0 fully saturated rings. The largest absolute Gasteiger partial charge is 0.456 e. The van der Waals surface area contributed by atoms with Crippen molar-refractivity contribution in [2.24, 2.45) is 16.6 Å². The molecule has 0 bridgehead atoms. The Morgan fingerprint density at radius 1 is 1.41 bits per heavy atom. The summed E-state index contributed by atoms with van der Waals surface area (Å²) < 4.78 is 20.4. The van der Waals surface area contributed by atoms with Gasteiger partial charge in [0.2, 0.25) is 0 Å². The summed E-state index contributed by atoms with van der Waals surface area (Å²) in [6.45, 7) is 4.51. The first-order chi connectivity index (χ1) is 16.1. The van der Waals surface area contributed by atoms with Gasteiger partial charge in [-0.25, -0.2) is 4.39 Å². The molecular weight excluding hydrogens is 441 g/mol. The molecule has 0 spiro atoms. The van der Waals surface area contributed by atoms with Gasteiger partial charge in [0, 0.05) is 39.5 Å². The van der Waals surface area contributed by atoms with Crippen molar-refractivity contribution in [1.29, 1.82) is 0 Å². The number of nitrogens with zero attached hydrogens (tertiary/aromatic N) is 3. The molecule has 1 atom stereocenters. The summed E-state index contributed by atoms with van der Waals surface area (Å²) in [5, 5.41) is 11.7. The molecule has 1 heterocycles. The van der Waals surface area contributed by atoms with Gasteiger partial charge in [0.25, 0.3) is 11.8 Å². The van der Waals surface area contributed by atoms with Crippen LogP contribution in [0.2, 0.25) is 0 Å². The summed E-state index contributed by atoms with van der Waals surface area (Å²) in [5.74, 6) is -1.15. The summed E-state index contributed by atoms with van der Waals surface area (Å²) in [4.78, 5) is 32.6. The van der Waals surface area contributed by atoms with Crippen LogP contribution in [0.15, 0.2) is 47.3 Å². The monoisotopic (exact) mass is 475 g/mol. The molecule has 2 rings (SSSR count). The van der Waals surface area contributed by atoms with Gasteiger partial charge >= 0.3 is 0 Å². The zero-order chi connectivity index (χ0) is 25.3. The van der Waals surface area contributed by atoms with E-state index in [9.17, 15) is 14.0 Å². The Balaban J connectivity index is 2.13. The molecule has 1 aliphatic heterocycles. The van der Waals surface area contributed by atoms with E-state index < -0.39 is 23.7 Å². The Hall–Kier alpha value is -3.40. The second kappa shape index (κ2) is 12.7. The molecule has 186 valence electrons. The number of halogens is 1. The molecule has 9 nitrogen and oxygen atoms in total. The Bertz CT molecular complexity index is 959. The Morgan fingerprint density at radius 2 is 2.15 bits per heavy atom. The standard InChI is InChI=1S/C24H34FN5O4/c1-16(2)13-19(24(33)28-21(26)9-11-27-10-6-12-31)30-15-17(14-22(30)32)34-20-8-5-7-18(23(20)25)29(3)4/h5,7-9,11,14,16,19,27,31H,6,10,12-13,15H2,1-4H3,(H2,26,28,33)/b11-9-/t19-/m0/s1. The maximum absolute atomic E-state index is 14.7. The van der Waals surface area contributed by atoms with Gasteiger partial charge in [0.05, 0.1) is 12.2 Å². The molecule has 2 amide bonds. The minimum Gasteiger partial charge on any atom is -0.456 e. The normalized spacial score (nSPS) is 15.1. The molecule has 0 aliphatic carbocycles. The zero-order valence-corrected chi connectivity index (χ0v) is 20.1. The molecule has 1 aromatic rings. The Labute approximate surface area is 199 Å². The first kappa shape index (κ1) is 26.8. The van der Waals surface area contributed by atoms with E-state index in [2.05, 4.69) is 10.3 Å². The number of amides is 2. The lowest BCUT2D eigenvalue weighted by atomic mass is 10.0. The van der Waals surface area contributed by atoms with E-state index in [1.165, 1.54) is 23.1 Å². The van der Waals surface area contributed by atoms with Crippen molar-refractivity contribution in [3.05, 3.63) is 48.1 Å². The maximum atomic E-state index is 14.7. The SMILES string of the molecule is CC(C)C[C@@H](C(=O)N=C(N)/C=C\NCCCO)N1CC(Oc2cccc(N(C)C)c2F)=CC1=O. The highest BCUT2D eigenvalue weighted by molar-refractivity contribution is 6.03. The number of hydrogen-bond donors (Lipinski definition) is 3. The predicted octanol–water partition coefficient (Wildman–Crippen LogP) is 1.78. The fourth-order valence-electron chi connectivity index (χ4n) is 3.36. The lowest BCUT2D eigenvalue weighted by Crippen LogP contribution is -2.43. The molecule has 34 heavy (non-hydrogen) atoms. The number of ether oxygens (including phenoxy) is 1. The Kier molecular flexibility index (Phi) is 10.1. The Morgan fingerprint density at radius 3 is 2.79 bits per heavy atom. The lowest BCUT2D eigenvalue weighted by Gasteiger charge is -2.27. The predicted molar refractivity (Wildman–Crippen MR) is 130 cm³/mol. The van der Waals surface area contributed by atoms with Gasteiger partial charge in [-0.05, 0) is 37.0 Å². The number of nitrogens with one attached hydrogen (secondary N) is 1. The summed E-state index contributed by atoms with van der Waals surface area (Å²) in [6, 6.07) is 3.94. The third-order valence-electron chi connectivity index (χ3n) is 5.01. The second-order valence-electron chi connectivity index (χ2n) is 8.55. The second-order valence-corrected chi connectivity index (χ2v) is 8.55. The third kappa shape index (κ3) is 7.58. The van der Waals surface area contributed by atoms with Crippen LogP contribution in [0.3, 0.4) is 0 Å². The fourth-order valence-corrected chi connectivity index (χ4v) is 3.36. The van der Waals surface area contributed by atoms with Crippen molar-refractivity contribution in [1.82, 2.24) is 10.2 Å². The van der Waals surface area contributed by atoms with Crippen LogP contribution in [0.4, 0.5) is 10.1 Å². The van der Waals surface area contributed by atoms with Crippen LogP contribution in [0.5, 0.6) is 5.75 Å². The minimum atomic E-state index is -0.836. The molecule has 4 N–H and O–H groups in total. The van der Waals surface area contributed by atoms with Crippen LogP contribution in [0.1, 0.15) is 26.7 Å². The third-order valence-corrected chi connectivity index (χ3v) is 5.01. The number of anilines is 1. The van der Waals surface area contributed by atoms with Crippen LogP contribution >= 0.6 is 0 Å². The smallest absolute Gasteiger partial charge is 0.270 e. The van der Waals surface area contributed by atoms with E-state index in [0.29, 0.717) is 25.1 Å². The number of nitrogens with two attached hydrogens (primary N) is 1. The zero-order valence-electron chi connectivity index (χ0n) is 20.1. The quantitative estimate of drug-likeness (QED) is 0.239. The van der Waals surface area contributed by atoms with E-state index in [1.54, 1.807) is 37.3 Å². The van der Waals surface area contributed by atoms with Gasteiger partial charge in [-0.3, -0.25) is 9.59 Å². The van der Waals surface area contributed by atoms with Gasteiger partial charge in [-0.2, -0.15) is 4.99 Å². The summed E-state index contributed by atoms with van der Waals surface area (Å²) >= 11 is 0. The fraction of sp³-hybridized carbons (Fsp3) is 0.458. The van der Waals surface area contributed by atoms with E-state index in [1.807, 2.05) is 13.8 Å². The molecule has 1 aliphatic rings. The molecule has 10 heteroatoms. The van der Waals surface area contributed by atoms with E-state index in [-0.39, 0.29) is 36.4 Å². The molecule has 0 radical (unpaired) electrons. The van der Waals surface area contributed by atoms with E-state index >= 15 is 0 Å². The van der Waals surface area contributed by atoms with Crippen molar-refractivity contribution < 1.29 is 23.8 Å². The summed E-state index contributed by atoms with van der Waals surface area (Å²) in [7, 11) is 3.44. The average molecular weight is 476 g/mol. The van der Waals surface area contributed by atoms with E-state index in [0.717, 1.165) is 0 Å². The summed E-state index contributed by atoms with van der Waals surface area (Å²) in [5.41, 5.74) is 6.20. The van der Waals surface area contributed by atoms with Gasteiger partial charge in [0.1, 0.15) is 17.6 Å². The number of rotatable bonds is 12. The molecule has 0 unspecified atom stereocenters. The number of benzene rings is 1. The molecule has 0 saturated heterocycles. The van der Waals surface area contributed by atoms with Crippen molar-refractivity contribution in [3.8, 4) is 5.75 Å². The first-order valence-corrected chi connectivity index (χ1v) is 11.2. The highest BCUT2D eigenvalue weighted by atomic mass is 19.1. The molecule has 1 aromatic carbocycles.